The zero-order valence-electron chi connectivity index (χ0n) is 17.4. The van der Waals surface area contributed by atoms with Crippen LogP contribution in [0.25, 0.3) is 0 Å². The van der Waals surface area contributed by atoms with Crippen molar-refractivity contribution in [3.63, 3.8) is 0 Å². The van der Waals surface area contributed by atoms with Gasteiger partial charge in [-0.25, -0.2) is 4.68 Å². The molecule has 0 radical (unpaired) electrons. The summed E-state index contributed by atoms with van der Waals surface area (Å²) in [4.78, 5) is 24.7. The Balaban J connectivity index is 1.80. The van der Waals surface area contributed by atoms with E-state index in [4.69, 9.17) is 4.74 Å². The molecule has 1 aromatic carbocycles. The zero-order chi connectivity index (χ0) is 22.8. The number of alkyl halides is 3. The van der Waals surface area contributed by atoms with Gasteiger partial charge in [0.15, 0.2) is 0 Å². The van der Waals surface area contributed by atoms with Gasteiger partial charge in [-0.3, -0.25) is 9.59 Å². The molecule has 1 aliphatic carbocycles. The predicted octanol–water partition coefficient (Wildman–Crippen LogP) is 3.86. The van der Waals surface area contributed by atoms with Gasteiger partial charge in [-0.05, 0) is 29.9 Å². The number of rotatable bonds is 6. The molecule has 1 heterocycles. The van der Waals surface area contributed by atoms with Gasteiger partial charge in [0.25, 0.3) is 5.56 Å². The number of hydrogen-bond donors (Lipinski definition) is 1. The van der Waals surface area contributed by atoms with E-state index in [9.17, 15) is 27.9 Å². The van der Waals surface area contributed by atoms with Gasteiger partial charge in [0, 0.05) is 19.9 Å². The Morgan fingerprint density at radius 2 is 1.84 bits per heavy atom. The molecule has 31 heavy (non-hydrogen) atoms. The van der Waals surface area contributed by atoms with Gasteiger partial charge < -0.3 is 9.84 Å². The molecule has 0 spiro atoms. The largest absolute Gasteiger partial charge is 0.433 e. The summed E-state index contributed by atoms with van der Waals surface area (Å²) < 4.78 is 44.3. The average Bonchev–Trinajstić information content (AvgIpc) is 3.17. The second kappa shape index (κ2) is 8.82. The fourth-order valence-electron chi connectivity index (χ4n) is 3.91. The molecule has 1 fully saturated rings. The van der Waals surface area contributed by atoms with Crippen LogP contribution < -0.4 is 5.56 Å². The molecular weight excluding hydrogens is 413 g/mol. The van der Waals surface area contributed by atoms with Crippen LogP contribution in [0, 0.1) is 5.92 Å². The topological polar surface area (TPSA) is 81.4 Å². The van der Waals surface area contributed by atoms with Gasteiger partial charge in [-0.15, -0.1) is 0 Å². The van der Waals surface area contributed by atoms with Crippen LogP contribution in [0.1, 0.15) is 62.1 Å². The van der Waals surface area contributed by atoms with Crippen LogP contribution in [0.15, 0.2) is 41.3 Å². The normalized spacial score (nSPS) is 16.3. The first-order chi connectivity index (χ1) is 14.4. The molecule has 9 heteroatoms. The lowest BCUT2D eigenvalue weighted by molar-refractivity contribution is -0.197. The molecule has 3 rings (SSSR count). The number of nitrogens with zero attached hydrogens (tertiary/aromatic N) is 2. The number of ether oxygens (including phenoxy) is 1. The SMILES string of the molecule is CC(C)(O)OC(=O)C(c1ccc(Cn2ncc(C(F)(F)F)cc2=O)cc1)C1CCCC1. The van der Waals surface area contributed by atoms with E-state index in [0.717, 1.165) is 35.9 Å². The highest BCUT2D eigenvalue weighted by atomic mass is 19.4. The highest BCUT2D eigenvalue weighted by molar-refractivity contribution is 5.79. The summed E-state index contributed by atoms with van der Waals surface area (Å²) >= 11 is 0. The van der Waals surface area contributed by atoms with Gasteiger partial charge >= 0.3 is 12.1 Å². The van der Waals surface area contributed by atoms with Crippen molar-refractivity contribution in [2.45, 2.75) is 64.0 Å². The third-order valence-electron chi connectivity index (χ3n) is 5.34. The maximum atomic E-state index is 12.8. The number of aliphatic hydroxyl groups is 1. The molecule has 0 bridgehead atoms. The van der Waals surface area contributed by atoms with Crippen LogP contribution in [0.3, 0.4) is 0 Å². The molecule has 1 N–H and O–H groups in total. The van der Waals surface area contributed by atoms with Gasteiger partial charge in [-0.2, -0.15) is 18.3 Å². The van der Waals surface area contributed by atoms with E-state index < -0.39 is 35.0 Å². The minimum Gasteiger partial charge on any atom is -0.433 e. The molecule has 0 amide bonds. The summed E-state index contributed by atoms with van der Waals surface area (Å²) in [6.45, 7) is 2.79. The van der Waals surface area contributed by atoms with E-state index in [1.165, 1.54) is 13.8 Å². The summed E-state index contributed by atoms with van der Waals surface area (Å²) in [6, 6.07) is 7.43. The molecule has 168 valence electrons. The molecule has 1 aliphatic rings. The van der Waals surface area contributed by atoms with Crippen LogP contribution in [-0.2, 0) is 22.3 Å². The number of hydrogen-bond acceptors (Lipinski definition) is 5. The smallest absolute Gasteiger partial charge is 0.418 e. The summed E-state index contributed by atoms with van der Waals surface area (Å²) in [6.07, 6.45) is -0.177. The Labute approximate surface area is 177 Å². The van der Waals surface area contributed by atoms with Crippen molar-refractivity contribution >= 4 is 5.97 Å². The van der Waals surface area contributed by atoms with Crippen LogP contribution in [0.2, 0.25) is 0 Å². The maximum absolute atomic E-state index is 12.8. The van der Waals surface area contributed by atoms with Crippen molar-refractivity contribution in [1.82, 2.24) is 9.78 Å². The molecule has 2 aromatic rings. The number of esters is 1. The molecular formula is C22H25F3N2O4. The lowest BCUT2D eigenvalue weighted by Crippen LogP contribution is -2.32. The molecule has 1 atom stereocenters. The summed E-state index contributed by atoms with van der Waals surface area (Å²) in [5, 5.41) is 13.5. The Morgan fingerprint density at radius 1 is 1.23 bits per heavy atom. The number of halogens is 3. The summed E-state index contributed by atoms with van der Waals surface area (Å²) in [5.41, 5.74) is -0.554. The first-order valence-electron chi connectivity index (χ1n) is 10.1. The van der Waals surface area contributed by atoms with Crippen molar-refractivity contribution in [3.05, 3.63) is 63.6 Å². The van der Waals surface area contributed by atoms with Gasteiger partial charge in [-0.1, -0.05) is 37.1 Å². The zero-order valence-corrected chi connectivity index (χ0v) is 17.4. The Morgan fingerprint density at radius 3 is 2.35 bits per heavy atom. The third-order valence-corrected chi connectivity index (χ3v) is 5.34. The van der Waals surface area contributed by atoms with Crippen LogP contribution in [-0.4, -0.2) is 26.6 Å². The minimum absolute atomic E-state index is 0.000532. The molecule has 1 saturated carbocycles. The Kier molecular flexibility index (Phi) is 6.54. The molecule has 1 aromatic heterocycles. The fourth-order valence-corrected chi connectivity index (χ4v) is 3.91. The number of benzene rings is 1. The lowest BCUT2D eigenvalue weighted by atomic mass is 9.84. The van der Waals surface area contributed by atoms with E-state index >= 15 is 0 Å². The minimum atomic E-state index is -4.63. The van der Waals surface area contributed by atoms with Crippen molar-refractivity contribution < 1.29 is 27.8 Å². The monoisotopic (exact) mass is 438 g/mol. The second-order valence-electron chi connectivity index (χ2n) is 8.37. The average molecular weight is 438 g/mol. The summed E-state index contributed by atoms with van der Waals surface area (Å²) in [7, 11) is 0. The van der Waals surface area contributed by atoms with Crippen molar-refractivity contribution in [2.24, 2.45) is 5.92 Å². The highest BCUT2D eigenvalue weighted by Gasteiger charge is 2.35. The van der Waals surface area contributed by atoms with Gasteiger partial charge in [0.2, 0.25) is 5.79 Å². The van der Waals surface area contributed by atoms with E-state index in [0.29, 0.717) is 17.8 Å². The van der Waals surface area contributed by atoms with E-state index in [1.807, 2.05) is 0 Å². The van der Waals surface area contributed by atoms with Crippen LogP contribution in [0.4, 0.5) is 13.2 Å². The quantitative estimate of drug-likeness (QED) is 0.547. The molecule has 1 unspecified atom stereocenters. The number of carbonyl (C=O) groups excluding carboxylic acids is 1. The first-order valence-corrected chi connectivity index (χ1v) is 10.1. The second-order valence-corrected chi connectivity index (χ2v) is 8.37. The Hall–Kier alpha value is -2.68. The van der Waals surface area contributed by atoms with E-state index in [1.54, 1.807) is 24.3 Å². The standard InChI is InChI=1S/C22H25F3N2O4/c1-21(2,30)31-20(29)19(15-5-3-4-6-15)16-9-7-14(8-10-16)13-27-18(28)11-17(12-26-27)22(23,24)25/h7-12,15,19,30H,3-6,13H2,1-2H3. The highest BCUT2D eigenvalue weighted by Crippen LogP contribution is 2.39. The van der Waals surface area contributed by atoms with Crippen LogP contribution >= 0.6 is 0 Å². The molecule has 0 saturated heterocycles. The lowest BCUT2D eigenvalue weighted by Gasteiger charge is -2.26. The van der Waals surface area contributed by atoms with Crippen molar-refractivity contribution in [3.8, 4) is 0 Å². The summed E-state index contributed by atoms with van der Waals surface area (Å²) in [5.74, 6) is -2.48. The van der Waals surface area contributed by atoms with Gasteiger partial charge in [0.05, 0.1) is 24.2 Å². The third kappa shape index (κ3) is 5.94. The predicted molar refractivity (Wildman–Crippen MR) is 106 cm³/mol. The van der Waals surface area contributed by atoms with Crippen LogP contribution in [0.5, 0.6) is 0 Å². The number of carbonyl (C=O) groups is 1. The van der Waals surface area contributed by atoms with Gasteiger partial charge in [0.1, 0.15) is 0 Å². The fraction of sp³-hybridized carbons (Fsp3) is 0.500. The maximum Gasteiger partial charge on any atom is 0.418 e. The van der Waals surface area contributed by atoms with Crippen molar-refractivity contribution in [1.29, 1.82) is 0 Å². The van der Waals surface area contributed by atoms with E-state index in [-0.39, 0.29) is 12.5 Å². The van der Waals surface area contributed by atoms with E-state index in [2.05, 4.69) is 5.10 Å². The molecule has 6 nitrogen and oxygen atoms in total. The number of aromatic nitrogens is 2. The van der Waals surface area contributed by atoms with Crippen molar-refractivity contribution in [2.75, 3.05) is 0 Å². The molecule has 0 aliphatic heterocycles. The Bertz CT molecular complexity index is 972. The first kappa shape index (κ1) is 23.0.